The summed E-state index contributed by atoms with van der Waals surface area (Å²) in [6.07, 6.45) is 0.851. The van der Waals surface area contributed by atoms with Crippen molar-refractivity contribution in [2.24, 2.45) is 0 Å². The van der Waals surface area contributed by atoms with E-state index in [4.69, 9.17) is 14.5 Å². The number of pyridine rings is 1. The van der Waals surface area contributed by atoms with Crippen LogP contribution in [0.3, 0.4) is 0 Å². The molecule has 0 aliphatic carbocycles. The number of nitrogens with one attached hydrogen (secondary N) is 1. The number of hydrogen-bond donors (Lipinski definition) is 1. The standard InChI is InChI=1S/C14H15BrN2O2/c1-16-13-8-7-19-6-5-10(8)17-14-9(15)3-4-11(18-2)12(13)14/h3-4H,5-7H2,1-2H3,(H,16,17). The third-order valence-corrected chi connectivity index (χ3v) is 4.08. The molecule has 1 aliphatic heterocycles. The number of methoxy groups -OCH3 is 1. The fraction of sp³-hybridized carbons (Fsp3) is 0.357. The highest BCUT2D eigenvalue weighted by Gasteiger charge is 2.21. The van der Waals surface area contributed by atoms with E-state index in [1.807, 2.05) is 19.2 Å². The largest absolute Gasteiger partial charge is 0.496 e. The van der Waals surface area contributed by atoms with Crippen LogP contribution >= 0.6 is 15.9 Å². The molecule has 0 unspecified atom stereocenters. The van der Waals surface area contributed by atoms with E-state index in [1.54, 1.807) is 7.11 Å². The van der Waals surface area contributed by atoms with Gasteiger partial charge in [0.05, 0.1) is 42.6 Å². The molecular weight excluding hydrogens is 308 g/mol. The van der Waals surface area contributed by atoms with Crippen LogP contribution in [0.15, 0.2) is 16.6 Å². The smallest absolute Gasteiger partial charge is 0.130 e. The van der Waals surface area contributed by atoms with Gasteiger partial charge in [-0.3, -0.25) is 4.98 Å². The van der Waals surface area contributed by atoms with Gasteiger partial charge in [-0.25, -0.2) is 0 Å². The molecule has 1 aromatic heterocycles. The van der Waals surface area contributed by atoms with E-state index in [2.05, 4.69) is 21.2 Å². The summed E-state index contributed by atoms with van der Waals surface area (Å²) in [4.78, 5) is 4.79. The lowest BCUT2D eigenvalue weighted by molar-refractivity contribution is 0.110. The number of benzene rings is 1. The molecule has 1 N–H and O–H groups in total. The van der Waals surface area contributed by atoms with Crippen LogP contribution in [-0.4, -0.2) is 25.7 Å². The topological polar surface area (TPSA) is 43.4 Å². The molecule has 0 radical (unpaired) electrons. The zero-order valence-electron chi connectivity index (χ0n) is 10.9. The van der Waals surface area contributed by atoms with Crippen molar-refractivity contribution in [3.05, 3.63) is 27.9 Å². The zero-order chi connectivity index (χ0) is 13.4. The fourth-order valence-electron chi connectivity index (χ4n) is 2.55. The van der Waals surface area contributed by atoms with Gasteiger partial charge in [-0.05, 0) is 28.1 Å². The average Bonchev–Trinajstić information content (AvgIpc) is 2.46. The number of fused-ring (bicyclic) bond motifs is 2. The minimum absolute atomic E-state index is 0.601. The van der Waals surface area contributed by atoms with Crippen LogP contribution in [0.4, 0.5) is 5.69 Å². The number of rotatable bonds is 2. The first kappa shape index (κ1) is 12.7. The highest BCUT2D eigenvalue weighted by Crippen LogP contribution is 2.39. The lowest BCUT2D eigenvalue weighted by atomic mass is 10.0. The van der Waals surface area contributed by atoms with Crippen LogP contribution in [-0.2, 0) is 17.8 Å². The van der Waals surface area contributed by atoms with Gasteiger partial charge in [0.25, 0.3) is 0 Å². The predicted molar refractivity (Wildman–Crippen MR) is 78.9 cm³/mol. The van der Waals surface area contributed by atoms with Gasteiger partial charge in [0, 0.05) is 23.5 Å². The Labute approximate surface area is 120 Å². The van der Waals surface area contributed by atoms with Crippen LogP contribution in [0.1, 0.15) is 11.3 Å². The first-order valence-electron chi connectivity index (χ1n) is 6.19. The minimum atomic E-state index is 0.601. The molecule has 0 saturated carbocycles. The summed E-state index contributed by atoms with van der Waals surface area (Å²) < 4.78 is 12.0. The molecule has 5 heteroatoms. The highest BCUT2D eigenvalue weighted by molar-refractivity contribution is 9.10. The van der Waals surface area contributed by atoms with Gasteiger partial charge in [-0.2, -0.15) is 0 Å². The van der Waals surface area contributed by atoms with Crippen LogP contribution in [0.5, 0.6) is 5.75 Å². The van der Waals surface area contributed by atoms with Gasteiger partial charge >= 0.3 is 0 Å². The second kappa shape index (κ2) is 4.98. The first-order valence-corrected chi connectivity index (χ1v) is 6.99. The molecule has 2 aromatic rings. The van der Waals surface area contributed by atoms with E-state index >= 15 is 0 Å². The van der Waals surface area contributed by atoms with E-state index < -0.39 is 0 Å². The van der Waals surface area contributed by atoms with Crippen molar-refractivity contribution < 1.29 is 9.47 Å². The summed E-state index contributed by atoms with van der Waals surface area (Å²) in [6, 6.07) is 3.92. The molecular formula is C14H15BrN2O2. The van der Waals surface area contributed by atoms with Gasteiger partial charge in [-0.15, -0.1) is 0 Å². The number of ether oxygens (including phenoxy) is 2. The third-order valence-electron chi connectivity index (χ3n) is 3.44. The van der Waals surface area contributed by atoms with Gasteiger partial charge in [-0.1, -0.05) is 0 Å². The van der Waals surface area contributed by atoms with Gasteiger partial charge < -0.3 is 14.8 Å². The van der Waals surface area contributed by atoms with E-state index in [0.29, 0.717) is 6.61 Å². The lowest BCUT2D eigenvalue weighted by Gasteiger charge is -2.22. The Morgan fingerprint density at radius 3 is 3.00 bits per heavy atom. The van der Waals surface area contributed by atoms with E-state index in [9.17, 15) is 0 Å². The van der Waals surface area contributed by atoms with Crippen molar-refractivity contribution in [3.8, 4) is 5.75 Å². The van der Waals surface area contributed by atoms with Crippen LogP contribution in [0, 0.1) is 0 Å². The first-order chi connectivity index (χ1) is 9.26. The molecule has 0 atom stereocenters. The number of aromatic nitrogens is 1. The SMILES string of the molecule is CNc1c2c(nc3c(Br)ccc(OC)c13)CCOC2. The Kier molecular flexibility index (Phi) is 3.33. The number of hydrogen-bond acceptors (Lipinski definition) is 4. The van der Waals surface area contributed by atoms with Crippen molar-refractivity contribution >= 4 is 32.5 Å². The summed E-state index contributed by atoms with van der Waals surface area (Å²) in [6.45, 7) is 1.33. The van der Waals surface area contributed by atoms with Gasteiger partial charge in [0.15, 0.2) is 0 Å². The molecule has 1 aliphatic rings. The van der Waals surface area contributed by atoms with Gasteiger partial charge in [0.2, 0.25) is 0 Å². The number of halogens is 1. The Bertz CT molecular complexity index is 643. The highest BCUT2D eigenvalue weighted by atomic mass is 79.9. The molecule has 100 valence electrons. The lowest BCUT2D eigenvalue weighted by Crippen LogP contribution is -2.14. The second-order valence-corrected chi connectivity index (χ2v) is 5.29. The summed E-state index contributed by atoms with van der Waals surface area (Å²) in [5.74, 6) is 0.823. The fourth-order valence-corrected chi connectivity index (χ4v) is 2.97. The molecule has 0 saturated heterocycles. The summed E-state index contributed by atoms with van der Waals surface area (Å²) >= 11 is 3.57. The Hall–Kier alpha value is -1.33. The van der Waals surface area contributed by atoms with E-state index in [1.165, 1.54) is 0 Å². The van der Waals surface area contributed by atoms with Crippen molar-refractivity contribution in [2.45, 2.75) is 13.0 Å². The quantitative estimate of drug-likeness (QED) is 0.922. The van der Waals surface area contributed by atoms with Gasteiger partial charge in [0.1, 0.15) is 5.75 Å². The monoisotopic (exact) mass is 322 g/mol. The van der Waals surface area contributed by atoms with Crippen LogP contribution in [0.2, 0.25) is 0 Å². The van der Waals surface area contributed by atoms with Crippen molar-refractivity contribution in [3.63, 3.8) is 0 Å². The molecule has 2 heterocycles. The van der Waals surface area contributed by atoms with Crippen molar-refractivity contribution in [2.75, 3.05) is 26.1 Å². The zero-order valence-corrected chi connectivity index (χ0v) is 12.5. The number of anilines is 1. The maximum atomic E-state index is 5.56. The average molecular weight is 323 g/mol. The van der Waals surface area contributed by atoms with Crippen molar-refractivity contribution in [1.29, 1.82) is 0 Å². The van der Waals surface area contributed by atoms with Crippen LogP contribution < -0.4 is 10.1 Å². The maximum Gasteiger partial charge on any atom is 0.130 e. The Morgan fingerprint density at radius 1 is 1.42 bits per heavy atom. The van der Waals surface area contributed by atoms with E-state index in [-0.39, 0.29) is 0 Å². The molecule has 0 bridgehead atoms. The molecule has 19 heavy (non-hydrogen) atoms. The third kappa shape index (κ3) is 1.97. The molecule has 0 fully saturated rings. The Morgan fingerprint density at radius 2 is 2.26 bits per heavy atom. The molecule has 3 rings (SSSR count). The normalized spacial score (nSPS) is 14.3. The maximum absolute atomic E-state index is 5.56. The van der Waals surface area contributed by atoms with E-state index in [0.717, 1.165) is 51.1 Å². The second-order valence-electron chi connectivity index (χ2n) is 4.44. The van der Waals surface area contributed by atoms with Crippen LogP contribution in [0.25, 0.3) is 10.9 Å². The van der Waals surface area contributed by atoms with Crippen molar-refractivity contribution in [1.82, 2.24) is 4.98 Å². The Balaban J connectivity index is 2.42. The summed E-state index contributed by atoms with van der Waals surface area (Å²) in [7, 11) is 3.60. The number of nitrogens with zero attached hydrogens (tertiary/aromatic N) is 1. The molecule has 4 nitrogen and oxygen atoms in total. The summed E-state index contributed by atoms with van der Waals surface area (Å²) in [5, 5.41) is 4.28. The molecule has 0 spiro atoms. The molecule has 1 aromatic carbocycles. The summed E-state index contributed by atoms with van der Waals surface area (Å²) in [5.41, 5.74) is 4.23. The molecule has 0 amide bonds. The predicted octanol–water partition coefficient (Wildman–Crippen LogP) is 3.12. The minimum Gasteiger partial charge on any atom is -0.496 e.